The fourth-order valence-corrected chi connectivity index (χ4v) is 2.35. The third-order valence-electron chi connectivity index (χ3n) is 3.38. The number of hydrogen-bond donors (Lipinski definition) is 1. The summed E-state index contributed by atoms with van der Waals surface area (Å²) in [5.41, 5.74) is 0.230. The number of carbonyl (C=O) groups excluding carboxylic acids is 1. The number of rotatable bonds is 3. The Morgan fingerprint density at radius 2 is 2.05 bits per heavy atom. The van der Waals surface area contributed by atoms with Gasteiger partial charge in [0.15, 0.2) is 5.69 Å². The van der Waals surface area contributed by atoms with Crippen molar-refractivity contribution in [2.24, 2.45) is 0 Å². The van der Waals surface area contributed by atoms with Crippen molar-refractivity contribution in [2.45, 2.75) is 33.1 Å². The molecule has 0 spiro atoms. The first-order chi connectivity index (χ1) is 9.40. The van der Waals surface area contributed by atoms with Crippen molar-refractivity contribution in [3.63, 3.8) is 0 Å². The van der Waals surface area contributed by atoms with E-state index >= 15 is 0 Å². The van der Waals surface area contributed by atoms with Gasteiger partial charge < -0.3 is 14.8 Å². The average Bonchev–Trinajstić information content (AvgIpc) is 2.79. The van der Waals surface area contributed by atoms with Gasteiger partial charge in [0.2, 0.25) is 5.82 Å². The van der Waals surface area contributed by atoms with Gasteiger partial charge in [-0.2, -0.15) is 13.2 Å². The molecular weight excluding hydrogens is 273 g/mol. The van der Waals surface area contributed by atoms with E-state index in [2.05, 4.69) is 10.3 Å². The van der Waals surface area contributed by atoms with Crippen LogP contribution in [0.5, 0.6) is 0 Å². The van der Waals surface area contributed by atoms with E-state index in [-0.39, 0.29) is 18.8 Å². The number of imidazole rings is 1. The van der Waals surface area contributed by atoms with Crippen molar-refractivity contribution in [3.8, 4) is 0 Å². The van der Waals surface area contributed by atoms with Gasteiger partial charge in [-0.15, -0.1) is 0 Å². The van der Waals surface area contributed by atoms with Gasteiger partial charge in [-0.1, -0.05) is 0 Å². The first-order valence-electron chi connectivity index (χ1n) is 6.56. The summed E-state index contributed by atoms with van der Waals surface area (Å²) in [6.45, 7) is 5.28. The van der Waals surface area contributed by atoms with Crippen molar-refractivity contribution in [1.29, 1.82) is 0 Å². The van der Waals surface area contributed by atoms with Crippen LogP contribution in [0, 0.1) is 0 Å². The second-order valence-corrected chi connectivity index (χ2v) is 4.53. The highest BCUT2D eigenvalue weighted by Crippen LogP contribution is 2.31. The van der Waals surface area contributed by atoms with Crippen LogP contribution < -0.4 is 5.32 Å². The van der Waals surface area contributed by atoms with E-state index < -0.39 is 17.9 Å². The minimum Gasteiger partial charge on any atom is -0.338 e. The Balaban J connectivity index is 2.49. The number of halogens is 3. The van der Waals surface area contributed by atoms with E-state index in [1.807, 2.05) is 0 Å². The minimum atomic E-state index is -4.55. The Kier molecular flexibility index (Phi) is 4.03. The van der Waals surface area contributed by atoms with Crippen LogP contribution in [0.15, 0.2) is 0 Å². The molecule has 0 aliphatic carbocycles. The number of hydrogen-bond acceptors (Lipinski definition) is 3. The van der Waals surface area contributed by atoms with Crippen molar-refractivity contribution >= 4 is 5.91 Å². The summed E-state index contributed by atoms with van der Waals surface area (Å²) >= 11 is 0. The number of aromatic nitrogens is 2. The molecule has 1 aliphatic heterocycles. The third kappa shape index (κ3) is 2.52. The maximum Gasteiger partial charge on any atom is 0.449 e. The van der Waals surface area contributed by atoms with Gasteiger partial charge in [0, 0.05) is 32.7 Å². The molecule has 0 aromatic carbocycles. The van der Waals surface area contributed by atoms with Gasteiger partial charge >= 0.3 is 6.18 Å². The molecule has 0 unspecified atom stereocenters. The van der Waals surface area contributed by atoms with Gasteiger partial charge in [-0.25, -0.2) is 4.98 Å². The highest BCUT2D eigenvalue weighted by Gasteiger charge is 2.40. The highest BCUT2D eigenvalue weighted by atomic mass is 19.4. The molecule has 8 heteroatoms. The van der Waals surface area contributed by atoms with E-state index in [0.717, 1.165) is 4.57 Å². The number of amides is 1. The van der Waals surface area contributed by atoms with Crippen molar-refractivity contribution in [2.75, 3.05) is 19.6 Å². The van der Waals surface area contributed by atoms with Crippen molar-refractivity contribution < 1.29 is 18.0 Å². The molecule has 2 rings (SSSR count). The van der Waals surface area contributed by atoms with E-state index in [0.29, 0.717) is 25.3 Å². The van der Waals surface area contributed by atoms with Crippen LogP contribution in [0.25, 0.3) is 0 Å². The molecule has 1 aromatic rings. The first-order valence-corrected chi connectivity index (χ1v) is 6.56. The summed E-state index contributed by atoms with van der Waals surface area (Å²) in [7, 11) is 0. The molecule has 0 fully saturated rings. The molecule has 112 valence electrons. The largest absolute Gasteiger partial charge is 0.449 e. The van der Waals surface area contributed by atoms with Crippen molar-refractivity contribution in [1.82, 2.24) is 19.8 Å². The molecule has 1 aliphatic rings. The predicted octanol–water partition coefficient (Wildman–Crippen LogP) is 1.49. The van der Waals surface area contributed by atoms with Crippen LogP contribution in [-0.4, -0.2) is 40.0 Å². The van der Waals surface area contributed by atoms with Crippen LogP contribution in [0.3, 0.4) is 0 Å². The Hall–Kier alpha value is -1.57. The Labute approximate surface area is 114 Å². The molecule has 0 saturated heterocycles. The van der Waals surface area contributed by atoms with Crippen LogP contribution in [0.4, 0.5) is 13.2 Å². The number of carbonyl (C=O) groups is 1. The van der Waals surface area contributed by atoms with E-state index in [4.69, 9.17) is 0 Å². The number of nitrogens with one attached hydrogen (secondary N) is 1. The van der Waals surface area contributed by atoms with Gasteiger partial charge in [0.1, 0.15) is 0 Å². The molecule has 0 bridgehead atoms. The van der Waals surface area contributed by atoms with Gasteiger partial charge in [0.05, 0.1) is 5.69 Å². The summed E-state index contributed by atoms with van der Waals surface area (Å²) in [6.07, 6.45) is -4.55. The van der Waals surface area contributed by atoms with Crippen molar-refractivity contribution in [3.05, 3.63) is 17.2 Å². The predicted molar refractivity (Wildman–Crippen MR) is 66.2 cm³/mol. The number of fused-ring (bicyclic) bond motifs is 1. The molecule has 20 heavy (non-hydrogen) atoms. The molecular formula is C12H17F3N4O. The van der Waals surface area contributed by atoms with Gasteiger partial charge in [-0.05, 0) is 13.8 Å². The van der Waals surface area contributed by atoms with Crippen LogP contribution in [0.2, 0.25) is 0 Å². The van der Waals surface area contributed by atoms with E-state index in [1.165, 1.54) is 4.90 Å². The lowest BCUT2D eigenvalue weighted by Gasteiger charge is -2.21. The molecule has 1 N–H and O–H groups in total. The van der Waals surface area contributed by atoms with E-state index in [1.54, 1.807) is 13.8 Å². The first kappa shape index (κ1) is 14.8. The summed E-state index contributed by atoms with van der Waals surface area (Å²) in [4.78, 5) is 17.3. The summed E-state index contributed by atoms with van der Waals surface area (Å²) in [5.74, 6) is -1.43. The molecule has 1 amide bonds. The smallest absolute Gasteiger partial charge is 0.338 e. The number of nitrogens with zero attached hydrogens (tertiary/aromatic N) is 3. The standard InChI is InChI=1S/C12H17F3N4O/c1-3-18(4-2)10(20)9-8-7-16-5-6-19(8)11(17-9)12(13,14)15/h16H,3-7H2,1-2H3. The fraction of sp³-hybridized carbons (Fsp3) is 0.667. The Morgan fingerprint density at radius 1 is 1.40 bits per heavy atom. The quantitative estimate of drug-likeness (QED) is 0.917. The van der Waals surface area contributed by atoms with Crippen LogP contribution >= 0.6 is 0 Å². The fourth-order valence-electron chi connectivity index (χ4n) is 2.35. The summed E-state index contributed by atoms with van der Waals surface area (Å²) < 4.78 is 40.1. The maximum atomic E-state index is 13.0. The minimum absolute atomic E-state index is 0.0896. The normalized spacial score (nSPS) is 15.1. The number of alkyl halides is 3. The Morgan fingerprint density at radius 3 is 2.60 bits per heavy atom. The summed E-state index contributed by atoms with van der Waals surface area (Å²) in [6, 6.07) is 0. The average molecular weight is 290 g/mol. The Bertz CT molecular complexity index is 506. The summed E-state index contributed by atoms with van der Waals surface area (Å²) in [5, 5.41) is 2.98. The molecule has 5 nitrogen and oxygen atoms in total. The SMILES string of the molecule is CCN(CC)C(=O)c1nc(C(F)(F)F)n2c1CNCC2. The molecule has 0 saturated carbocycles. The zero-order chi connectivity index (χ0) is 14.9. The zero-order valence-electron chi connectivity index (χ0n) is 11.4. The lowest BCUT2D eigenvalue weighted by atomic mass is 10.2. The molecule has 1 aromatic heterocycles. The topological polar surface area (TPSA) is 50.2 Å². The van der Waals surface area contributed by atoms with Crippen LogP contribution in [-0.2, 0) is 19.3 Å². The monoisotopic (exact) mass is 290 g/mol. The third-order valence-corrected chi connectivity index (χ3v) is 3.38. The molecule has 2 heterocycles. The van der Waals surface area contributed by atoms with E-state index in [9.17, 15) is 18.0 Å². The zero-order valence-corrected chi connectivity index (χ0v) is 11.4. The maximum absolute atomic E-state index is 13.0. The van der Waals surface area contributed by atoms with Gasteiger partial charge in [-0.3, -0.25) is 4.79 Å². The highest BCUT2D eigenvalue weighted by molar-refractivity contribution is 5.93. The second-order valence-electron chi connectivity index (χ2n) is 4.53. The second kappa shape index (κ2) is 5.43. The lowest BCUT2D eigenvalue weighted by molar-refractivity contribution is -0.147. The molecule has 0 atom stereocenters. The lowest BCUT2D eigenvalue weighted by Crippen LogP contribution is -2.34. The van der Waals surface area contributed by atoms with Gasteiger partial charge in [0.25, 0.3) is 5.91 Å². The molecule has 0 radical (unpaired) electrons. The van der Waals surface area contributed by atoms with Crippen LogP contribution in [0.1, 0.15) is 35.9 Å².